The van der Waals surface area contributed by atoms with Gasteiger partial charge in [0.2, 0.25) is 5.89 Å². The molecule has 22 heavy (non-hydrogen) atoms. The fraction of sp³-hybridized carbons (Fsp3) is 0.400. The van der Waals surface area contributed by atoms with Gasteiger partial charge >= 0.3 is 0 Å². The second kappa shape index (κ2) is 6.46. The predicted octanol–water partition coefficient (Wildman–Crippen LogP) is 0.683. The number of likely N-dealkylation sites (N-methyl/N-ethyl adjacent to an activating group) is 1. The van der Waals surface area contributed by atoms with Crippen LogP contribution in [-0.4, -0.2) is 35.7 Å². The van der Waals surface area contributed by atoms with Crippen LogP contribution < -0.4 is 10.2 Å². The molecule has 1 heterocycles. The Labute approximate surface area is 133 Å². The van der Waals surface area contributed by atoms with Crippen LogP contribution >= 0.6 is 11.6 Å². The summed E-state index contributed by atoms with van der Waals surface area (Å²) in [6.45, 7) is 0.911. The number of halogens is 1. The predicted molar refractivity (Wildman–Crippen MR) is 81.4 cm³/mol. The number of carbonyl (C=O) groups is 1. The lowest BCUT2D eigenvalue weighted by molar-refractivity contribution is -0.886. The summed E-state index contributed by atoms with van der Waals surface area (Å²) < 4.78 is 5.64. The average Bonchev–Trinajstić information content (AvgIpc) is 3.16. The van der Waals surface area contributed by atoms with Crippen LogP contribution in [0.4, 0.5) is 0 Å². The van der Waals surface area contributed by atoms with E-state index in [0.29, 0.717) is 35.9 Å². The maximum absolute atomic E-state index is 11.7. The molecule has 1 aliphatic carbocycles. The molecular formula is C15H18ClN4O2+. The molecule has 1 aromatic carbocycles. The van der Waals surface area contributed by atoms with E-state index in [2.05, 4.69) is 15.5 Å². The highest BCUT2D eigenvalue weighted by Crippen LogP contribution is 2.20. The number of quaternary nitrogens is 1. The Hall–Kier alpha value is -1.92. The number of nitrogens with one attached hydrogen (secondary N) is 2. The molecule has 1 saturated carbocycles. The molecule has 1 fully saturated rings. The average molecular weight is 322 g/mol. The van der Waals surface area contributed by atoms with Gasteiger partial charge in [-0.05, 0) is 37.1 Å². The molecule has 116 valence electrons. The molecular weight excluding hydrogens is 304 g/mol. The van der Waals surface area contributed by atoms with E-state index in [1.54, 1.807) is 12.1 Å². The van der Waals surface area contributed by atoms with Crippen molar-refractivity contribution in [2.75, 3.05) is 13.6 Å². The Morgan fingerprint density at radius 2 is 2.09 bits per heavy atom. The first-order chi connectivity index (χ1) is 10.6. The molecule has 2 N–H and O–H groups in total. The first-order valence-corrected chi connectivity index (χ1v) is 7.67. The summed E-state index contributed by atoms with van der Waals surface area (Å²) in [7, 11) is 1.93. The first-order valence-electron chi connectivity index (χ1n) is 7.29. The molecule has 1 unspecified atom stereocenters. The molecule has 3 rings (SSSR count). The van der Waals surface area contributed by atoms with Crippen molar-refractivity contribution in [3.8, 4) is 11.5 Å². The monoisotopic (exact) mass is 321 g/mol. The van der Waals surface area contributed by atoms with Gasteiger partial charge < -0.3 is 14.6 Å². The van der Waals surface area contributed by atoms with Gasteiger partial charge in [0, 0.05) is 16.6 Å². The molecule has 0 bridgehead atoms. The molecule has 0 aliphatic heterocycles. The molecule has 6 nitrogen and oxygen atoms in total. The van der Waals surface area contributed by atoms with Gasteiger partial charge in [0.05, 0.1) is 7.05 Å². The van der Waals surface area contributed by atoms with Gasteiger partial charge in [0.25, 0.3) is 11.8 Å². The Bertz CT molecular complexity index is 652. The van der Waals surface area contributed by atoms with E-state index in [4.69, 9.17) is 16.0 Å². The second-order valence-electron chi connectivity index (χ2n) is 5.66. The summed E-state index contributed by atoms with van der Waals surface area (Å²) in [5.74, 6) is 1.04. The van der Waals surface area contributed by atoms with Crippen molar-refractivity contribution < 1.29 is 14.1 Å². The minimum Gasteiger partial charge on any atom is -0.415 e. The van der Waals surface area contributed by atoms with Gasteiger partial charge in [-0.2, -0.15) is 0 Å². The van der Waals surface area contributed by atoms with Crippen molar-refractivity contribution in [3.63, 3.8) is 0 Å². The van der Waals surface area contributed by atoms with E-state index in [1.807, 2.05) is 19.2 Å². The number of rotatable bonds is 6. The van der Waals surface area contributed by atoms with Gasteiger partial charge in [-0.15, -0.1) is 10.2 Å². The quantitative estimate of drug-likeness (QED) is 0.821. The highest BCUT2D eigenvalue weighted by molar-refractivity contribution is 6.30. The zero-order chi connectivity index (χ0) is 15.5. The van der Waals surface area contributed by atoms with Crippen molar-refractivity contribution in [2.45, 2.75) is 25.4 Å². The van der Waals surface area contributed by atoms with E-state index in [-0.39, 0.29) is 5.91 Å². The van der Waals surface area contributed by atoms with E-state index in [1.165, 1.54) is 0 Å². The van der Waals surface area contributed by atoms with Gasteiger partial charge in [0.1, 0.15) is 0 Å². The summed E-state index contributed by atoms with van der Waals surface area (Å²) in [4.78, 5) is 12.7. The van der Waals surface area contributed by atoms with Crippen LogP contribution in [0, 0.1) is 0 Å². The van der Waals surface area contributed by atoms with E-state index < -0.39 is 0 Å². The summed E-state index contributed by atoms with van der Waals surface area (Å²) in [6.07, 6.45) is 2.19. The van der Waals surface area contributed by atoms with Crippen LogP contribution in [0.3, 0.4) is 0 Å². The van der Waals surface area contributed by atoms with Crippen molar-refractivity contribution >= 4 is 17.5 Å². The maximum atomic E-state index is 11.7. The van der Waals surface area contributed by atoms with Crippen LogP contribution in [0.2, 0.25) is 5.02 Å². The van der Waals surface area contributed by atoms with Crippen molar-refractivity contribution in [1.29, 1.82) is 0 Å². The SMILES string of the molecule is C[NH+](CC(=O)NC1CC1)Cc1nnc(-c2ccc(Cl)cc2)o1. The van der Waals surface area contributed by atoms with Crippen LogP contribution in [0.1, 0.15) is 18.7 Å². The molecule has 1 atom stereocenters. The van der Waals surface area contributed by atoms with Crippen LogP contribution in [0.15, 0.2) is 28.7 Å². The summed E-state index contributed by atoms with van der Waals surface area (Å²) in [5, 5.41) is 11.7. The minimum atomic E-state index is 0.0671. The van der Waals surface area contributed by atoms with Crippen LogP contribution in [-0.2, 0) is 11.3 Å². The number of carbonyl (C=O) groups excluding carboxylic acids is 1. The summed E-state index contributed by atoms with van der Waals surface area (Å²) in [6, 6.07) is 7.61. The number of nitrogens with zero attached hydrogens (tertiary/aromatic N) is 2. The van der Waals surface area contributed by atoms with Gasteiger partial charge in [0.15, 0.2) is 13.1 Å². The number of aromatic nitrogens is 2. The van der Waals surface area contributed by atoms with E-state index >= 15 is 0 Å². The Morgan fingerprint density at radius 3 is 2.77 bits per heavy atom. The van der Waals surface area contributed by atoms with Crippen molar-refractivity contribution in [3.05, 3.63) is 35.2 Å². The molecule has 2 aromatic rings. The Kier molecular flexibility index (Phi) is 4.40. The van der Waals surface area contributed by atoms with Crippen molar-refractivity contribution in [1.82, 2.24) is 15.5 Å². The topological polar surface area (TPSA) is 72.5 Å². The lowest BCUT2D eigenvalue weighted by atomic mass is 10.2. The van der Waals surface area contributed by atoms with Gasteiger partial charge in [-0.25, -0.2) is 0 Å². The Balaban J connectivity index is 1.56. The lowest BCUT2D eigenvalue weighted by Gasteiger charge is -2.11. The van der Waals surface area contributed by atoms with Crippen molar-refractivity contribution in [2.24, 2.45) is 0 Å². The fourth-order valence-electron chi connectivity index (χ4n) is 2.14. The highest BCUT2D eigenvalue weighted by atomic mass is 35.5. The number of benzene rings is 1. The van der Waals surface area contributed by atoms with E-state index in [0.717, 1.165) is 23.3 Å². The van der Waals surface area contributed by atoms with Gasteiger partial charge in [-0.1, -0.05) is 11.6 Å². The summed E-state index contributed by atoms with van der Waals surface area (Å²) >= 11 is 5.85. The molecule has 1 aliphatic rings. The largest absolute Gasteiger partial charge is 0.415 e. The normalized spacial score (nSPS) is 15.5. The zero-order valence-corrected chi connectivity index (χ0v) is 13.1. The number of hydrogen-bond acceptors (Lipinski definition) is 4. The highest BCUT2D eigenvalue weighted by Gasteiger charge is 2.24. The molecule has 1 aromatic heterocycles. The standard InChI is InChI=1S/C15H17ClN4O2/c1-20(8-13(21)17-12-6-7-12)9-14-18-19-15(22-14)10-2-4-11(16)5-3-10/h2-5,12H,6-9H2,1H3,(H,17,21)/p+1. The Morgan fingerprint density at radius 1 is 1.36 bits per heavy atom. The molecule has 1 amide bonds. The first kappa shape index (κ1) is 15.0. The fourth-order valence-corrected chi connectivity index (χ4v) is 2.26. The smallest absolute Gasteiger partial charge is 0.275 e. The van der Waals surface area contributed by atoms with Crippen LogP contribution in [0.25, 0.3) is 11.5 Å². The van der Waals surface area contributed by atoms with Gasteiger partial charge in [-0.3, -0.25) is 4.79 Å². The summed E-state index contributed by atoms with van der Waals surface area (Å²) in [5.41, 5.74) is 0.826. The maximum Gasteiger partial charge on any atom is 0.275 e. The minimum absolute atomic E-state index is 0.0671. The number of amides is 1. The zero-order valence-electron chi connectivity index (χ0n) is 12.3. The third-order valence-corrected chi connectivity index (χ3v) is 3.67. The van der Waals surface area contributed by atoms with E-state index in [9.17, 15) is 4.79 Å². The molecule has 0 radical (unpaired) electrons. The second-order valence-corrected chi connectivity index (χ2v) is 6.10. The molecule has 0 saturated heterocycles. The van der Waals surface area contributed by atoms with Crippen LogP contribution in [0.5, 0.6) is 0 Å². The molecule has 0 spiro atoms. The lowest BCUT2D eigenvalue weighted by Crippen LogP contribution is -3.09. The third kappa shape index (κ3) is 4.05. The molecule has 7 heteroatoms. The number of hydrogen-bond donors (Lipinski definition) is 2. The third-order valence-electron chi connectivity index (χ3n) is 3.42.